The second-order valence-electron chi connectivity index (χ2n) is 6.01. The van der Waals surface area contributed by atoms with Gasteiger partial charge in [0.05, 0.1) is 12.7 Å². The second-order valence-corrected chi connectivity index (χ2v) is 6.01. The molecule has 0 aromatic heterocycles. The molecule has 3 nitrogen and oxygen atoms in total. The Kier molecular flexibility index (Phi) is 3.88. The quantitative estimate of drug-likeness (QED) is 0.661. The van der Waals surface area contributed by atoms with E-state index in [9.17, 15) is 5.11 Å². The zero-order valence-electron chi connectivity index (χ0n) is 10.5. The summed E-state index contributed by atoms with van der Waals surface area (Å²) in [6.45, 7) is 6.41. The first-order valence-electron chi connectivity index (χ1n) is 6.59. The van der Waals surface area contributed by atoms with Gasteiger partial charge in [0.25, 0.3) is 0 Å². The van der Waals surface area contributed by atoms with E-state index in [0.717, 1.165) is 18.4 Å². The lowest BCUT2D eigenvalue weighted by Gasteiger charge is -2.27. The SMILES string of the molecule is CC(C)(NCC(O)COCC1CC1)C1CC1. The van der Waals surface area contributed by atoms with Crippen molar-refractivity contribution in [2.75, 3.05) is 19.8 Å². The van der Waals surface area contributed by atoms with E-state index in [4.69, 9.17) is 4.74 Å². The van der Waals surface area contributed by atoms with Gasteiger partial charge in [-0.1, -0.05) is 0 Å². The van der Waals surface area contributed by atoms with Crippen LogP contribution >= 0.6 is 0 Å². The van der Waals surface area contributed by atoms with Crippen LogP contribution in [0.3, 0.4) is 0 Å². The molecule has 3 heteroatoms. The highest BCUT2D eigenvalue weighted by Gasteiger charge is 2.37. The molecule has 2 N–H and O–H groups in total. The summed E-state index contributed by atoms with van der Waals surface area (Å²) >= 11 is 0. The summed E-state index contributed by atoms with van der Waals surface area (Å²) in [6.07, 6.45) is 4.91. The Balaban J connectivity index is 1.53. The molecule has 0 aliphatic heterocycles. The Morgan fingerprint density at radius 2 is 2.00 bits per heavy atom. The van der Waals surface area contributed by atoms with Crippen molar-refractivity contribution in [3.8, 4) is 0 Å². The molecule has 0 aromatic carbocycles. The van der Waals surface area contributed by atoms with E-state index in [1.165, 1.54) is 25.7 Å². The summed E-state index contributed by atoms with van der Waals surface area (Å²) in [5, 5.41) is 13.2. The number of hydrogen-bond acceptors (Lipinski definition) is 3. The van der Waals surface area contributed by atoms with Crippen LogP contribution in [-0.2, 0) is 4.74 Å². The molecule has 0 heterocycles. The van der Waals surface area contributed by atoms with E-state index in [-0.39, 0.29) is 11.6 Å². The standard InChI is InChI=1S/C13H25NO2/c1-13(2,11-5-6-11)14-7-12(15)9-16-8-10-3-4-10/h10-12,14-15H,3-9H2,1-2H3. The highest BCUT2D eigenvalue weighted by Crippen LogP contribution is 2.39. The van der Waals surface area contributed by atoms with E-state index in [2.05, 4.69) is 19.2 Å². The van der Waals surface area contributed by atoms with Crippen LogP contribution in [-0.4, -0.2) is 36.5 Å². The van der Waals surface area contributed by atoms with Crippen LogP contribution in [0.5, 0.6) is 0 Å². The van der Waals surface area contributed by atoms with Crippen molar-refractivity contribution in [2.45, 2.75) is 51.2 Å². The molecular weight excluding hydrogens is 202 g/mol. The van der Waals surface area contributed by atoms with Crippen molar-refractivity contribution >= 4 is 0 Å². The first kappa shape index (κ1) is 12.3. The first-order valence-corrected chi connectivity index (χ1v) is 6.59. The molecule has 0 bridgehead atoms. The Hall–Kier alpha value is -0.120. The third-order valence-corrected chi connectivity index (χ3v) is 3.75. The van der Waals surface area contributed by atoms with Crippen molar-refractivity contribution in [3.05, 3.63) is 0 Å². The van der Waals surface area contributed by atoms with Crippen molar-refractivity contribution in [3.63, 3.8) is 0 Å². The van der Waals surface area contributed by atoms with Crippen molar-refractivity contribution in [2.24, 2.45) is 11.8 Å². The minimum Gasteiger partial charge on any atom is -0.389 e. The lowest BCUT2D eigenvalue weighted by molar-refractivity contribution is 0.0286. The van der Waals surface area contributed by atoms with Crippen LogP contribution in [0.15, 0.2) is 0 Å². The average molecular weight is 227 g/mol. The number of rotatable bonds is 8. The maximum absolute atomic E-state index is 9.76. The van der Waals surface area contributed by atoms with Gasteiger partial charge in [-0.05, 0) is 51.4 Å². The Labute approximate surface area is 98.6 Å². The predicted molar refractivity (Wildman–Crippen MR) is 64.4 cm³/mol. The lowest BCUT2D eigenvalue weighted by Crippen LogP contribution is -2.46. The molecule has 0 aromatic rings. The molecule has 2 aliphatic carbocycles. The predicted octanol–water partition coefficient (Wildman–Crippen LogP) is 1.55. The topological polar surface area (TPSA) is 41.5 Å². The van der Waals surface area contributed by atoms with E-state index in [0.29, 0.717) is 13.2 Å². The van der Waals surface area contributed by atoms with Crippen molar-refractivity contribution in [1.29, 1.82) is 0 Å². The molecule has 0 saturated heterocycles. The highest BCUT2D eigenvalue weighted by molar-refractivity contribution is 4.94. The number of aliphatic hydroxyl groups excluding tert-OH is 1. The molecule has 2 aliphatic rings. The number of β-amino-alcohol motifs (C(OH)–C–C–N with tert-alkyl or cyclic N) is 1. The summed E-state index contributed by atoms with van der Waals surface area (Å²) in [6, 6.07) is 0. The van der Waals surface area contributed by atoms with Crippen LogP contribution in [0.1, 0.15) is 39.5 Å². The van der Waals surface area contributed by atoms with Gasteiger partial charge in [-0.25, -0.2) is 0 Å². The summed E-state index contributed by atoms with van der Waals surface area (Å²) in [5.74, 6) is 1.58. The third kappa shape index (κ3) is 4.04. The molecular formula is C13H25NO2. The van der Waals surface area contributed by atoms with Gasteiger partial charge in [-0.2, -0.15) is 0 Å². The zero-order valence-corrected chi connectivity index (χ0v) is 10.5. The summed E-state index contributed by atoms with van der Waals surface area (Å²) in [5.41, 5.74) is 0.178. The van der Waals surface area contributed by atoms with Crippen LogP contribution < -0.4 is 5.32 Å². The van der Waals surface area contributed by atoms with E-state index in [1.54, 1.807) is 0 Å². The van der Waals surface area contributed by atoms with Crippen molar-refractivity contribution in [1.82, 2.24) is 5.32 Å². The molecule has 0 spiro atoms. The molecule has 2 saturated carbocycles. The third-order valence-electron chi connectivity index (χ3n) is 3.75. The summed E-state index contributed by atoms with van der Waals surface area (Å²) < 4.78 is 5.47. The van der Waals surface area contributed by atoms with E-state index >= 15 is 0 Å². The smallest absolute Gasteiger partial charge is 0.0897 e. The Bertz CT molecular complexity index is 222. The average Bonchev–Trinajstić information content (AvgIpc) is 3.04. The largest absolute Gasteiger partial charge is 0.389 e. The highest BCUT2D eigenvalue weighted by atomic mass is 16.5. The number of hydrogen-bond donors (Lipinski definition) is 2. The molecule has 2 fully saturated rings. The molecule has 1 atom stereocenters. The maximum Gasteiger partial charge on any atom is 0.0897 e. The Morgan fingerprint density at radius 3 is 2.56 bits per heavy atom. The minimum absolute atomic E-state index is 0.178. The number of ether oxygens (including phenoxy) is 1. The fraction of sp³-hybridized carbons (Fsp3) is 1.00. The molecule has 2 rings (SSSR count). The van der Waals surface area contributed by atoms with Crippen molar-refractivity contribution < 1.29 is 9.84 Å². The van der Waals surface area contributed by atoms with Crippen LogP contribution in [0.4, 0.5) is 0 Å². The van der Waals surface area contributed by atoms with Gasteiger partial charge in [0.2, 0.25) is 0 Å². The van der Waals surface area contributed by atoms with Crippen LogP contribution in [0.25, 0.3) is 0 Å². The number of nitrogens with one attached hydrogen (secondary N) is 1. The van der Waals surface area contributed by atoms with Crippen LogP contribution in [0, 0.1) is 11.8 Å². The van der Waals surface area contributed by atoms with Crippen LogP contribution in [0.2, 0.25) is 0 Å². The zero-order chi connectivity index (χ0) is 11.6. The lowest BCUT2D eigenvalue weighted by atomic mass is 9.98. The molecule has 0 radical (unpaired) electrons. The van der Waals surface area contributed by atoms with Gasteiger partial charge < -0.3 is 15.2 Å². The second kappa shape index (κ2) is 5.03. The van der Waals surface area contributed by atoms with Gasteiger partial charge in [0.1, 0.15) is 0 Å². The van der Waals surface area contributed by atoms with Gasteiger partial charge in [-0.15, -0.1) is 0 Å². The maximum atomic E-state index is 9.76. The molecule has 16 heavy (non-hydrogen) atoms. The van der Waals surface area contributed by atoms with Gasteiger partial charge >= 0.3 is 0 Å². The fourth-order valence-electron chi connectivity index (χ4n) is 2.04. The minimum atomic E-state index is -0.364. The van der Waals surface area contributed by atoms with E-state index in [1.807, 2.05) is 0 Å². The monoisotopic (exact) mass is 227 g/mol. The molecule has 0 amide bonds. The normalized spacial score (nSPS) is 23.4. The Morgan fingerprint density at radius 1 is 1.31 bits per heavy atom. The number of aliphatic hydroxyl groups is 1. The van der Waals surface area contributed by atoms with Gasteiger partial charge in [-0.3, -0.25) is 0 Å². The summed E-state index contributed by atoms with van der Waals surface area (Å²) in [4.78, 5) is 0. The molecule has 1 unspecified atom stereocenters. The fourth-order valence-corrected chi connectivity index (χ4v) is 2.04. The summed E-state index contributed by atoms with van der Waals surface area (Å²) in [7, 11) is 0. The van der Waals surface area contributed by atoms with E-state index < -0.39 is 0 Å². The molecule has 94 valence electrons. The van der Waals surface area contributed by atoms with Gasteiger partial charge in [0, 0.05) is 18.7 Å². The van der Waals surface area contributed by atoms with Gasteiger partial charge in [0.15, 0.2) is 0 Å². The first-order chi connectivity index (χ1) is 7.58.